The van der Waals surface area contributed by atoms with Crippen LogP contribution in [0.15, 0.2) is 18.3 Å². The summed E-state index contributed by atoms with van der Waals surface area (Å²) in [5.74, 6) is -1.21. The highest BCUT2D eigenvalue weighted by Crippen LogP contribution is 2.30. The van der Waals surface area contributed by atoms with E-state index >= 15 is 0 Å². The Morgan fingerprint density at radius 3 is 2.40 bits per heavy atom. The zero-order valence-electron chi connectivity index (χ0n) is 12.1. The summed E-state index contributed by atoms with van der Waals surface area (Å²) in [4.78, 5) is 26.8. The lowest BCUT2D eigenvalue weighted by atomic mass is 9.92. The van der Waals surface area contributed by atoms with Gasteiger partial charge in [-0.1, -0.05) is 26.8 Å². The number of carboxylic acid groups (broad SMARTS) is 1. The van der Waals surface area contributed by atoms with E-state index < -0.39 is 23.4 Å². The van der Waals surface area contributed by atoms with Crippen LogP contribution in [0.2, 0.25) is 0 Å². The highest BCUT2D eigenvalue weighted by molar-refractivity contribution is 5.94. The van der Waals surface area contributed by atoms with Crippen molar-refractivity contribution in [1.82, 2.24) is 4.98 Å². The molecule has 0 aliphatic heterocycles. The van der Waals surface area contributed by atoms with Gasteiger partial charge in [0, 0.05) is 17.2 Å². The van der Waals surface area contributed by atoms with E-state index in [4.69, 9.17) is 5.11 Å². The third-order valence-corrected chi connectivity index (χ3v) is 2.80. The third-order valence-electron chi connectivity index (χ3n) is 2.80. The molecule has 0 radical (unpaired) electrons. The van der Waals surface area contributed by atoms with E-state index in [2.05, 4.69) is 10.3 Å². The van der Waals surface area contributed by atoms with E-state index in [0.29, 0.717) is 0 Å². The molecule has 0 aromatic carbocycles. The van der Waals surface area contributed by atoms with Crippen LogP contribution in [0.1, 0.15) is 39.7 Å². The van der Waals surface area contributed by atoms with Gasteiger partial charge < -0.3 is 15.5 Å². The second kappa shape index (κ2) is 5.58. The van der Waals surface area contributed by atoms with Crippen LogP contribution < -0.4 is 5.32 Å². The molecule has 1 amide bonds. The number of nitrogens with one attached hydrogen (secondary N) is 1. The number of hydrogen-bond donors (Lipinski definition) is 3. The van der Waals surface area contributed by atoms with E-state index in [9.17, 15) is 14.7 Å². The minimum absolute atomic E-state index is 0.179. The van der Waals surface area contributed by atoms with Gasteiger partial charge in [0.15, 0.2) is 0 Å². The molecule has 20 heavy (non-hydrogen) atoms. The van der Waals surface area contributed by atoms with E-state index in [1.807, 2.05) is 0 Å². The van der Waals surface area contributed by atoms with Crippen LogP contribution in [-0.4, -0.2) is 27.1 Å². The first-order valence-electron chi connectivity index (χ1n) is 6.25. The lowest BCUT2D eigenvalue weighted by Gasteiger charge is -2.25. The van der Waals surface area contributed by atoms with Crippen molar-refractivity contribution in [2.75, 3.05) is 5.32 Å². The molecule has 6 nitrogen and oxygen atoms in total. The molecular formula is C14H20N2O4. The monoisotopic (exact) mass is 280 g/mol. The fourth-order valence-corrected chi connectivity index (χ4v) is 1.62. The number of aliphatic carboxylic acids is 1. The van der Waals surface area contributed by atoms with Crippen LogP contribution in [0, 0.1) is 5.41 Å². The minimum Gasteiger partial charge on any atom is -0.481 e. The van der Waals surface area contributed by atoms with E-state index in [1.165, 1.54) is 13.1 Å². The summed E-state index contributed by atoms with van der Waals surface area (Å²) in [6.07, 6.45) is 0.996. The lowest BCUT2D eigenvalue weighted by Crippen LogP contribution is -2.31. The van der Waals surface area contributed by atoms with Crippen LogP contribution in [0.25, 0.3) is 0 Å². The van der Waals surface area contributed by atoms with Gasteiger partial charge in [0.1, 0.15) is 11.4 Å². The SMILES string of the molecule is CC(C)(C)C(=O)Nc1ncccc1C(C)(O)CC(=O)O. The van der Waals surface area contributed by atoms with Gasteiger partial charge in [-0.2, -0.15) is 0 Å². The van der Waals surface area contributed by atoms with Crippen molar-refractivity contribution in [1.29, 1.82) is 0 Å². The molecule has 1 aromatic heterocycles. The summed E-state index contributed by atoms with van der Waals surface area (Å²) >= 11 is 0. The summed E-state index contributed by atoms with van der Waals surface area (Å²) < 4.78 is 0. The van der Waals surface area contributed by atoms with Gasteiger partial charge >= 0.3 is 5.97 Å². The number of carbonyl (C=O) groups excluding carboxylic acids is 1. The molecule has 0 spiro atoms. The second-order valence-corrected chi connectivity index (χ2v) is 5.95. The van der Waals surface area contributed by atoms with Crippen LogP contribution >= 0.6 is 0 Å². The number of pyridine rings is 1. The number of aliphatic hydroxyl groups is 1. The maximum atomic E-state index is 12.0. The molecule has 110 valence electrons. The fraction of sp³-hybridized carbons (Fsp3) is 0.500. The smallest absolute Gasteiger partial charge is 0.306 e. The number of anilines is 1. The van der Waals surface area contributed by atoms with Gasteiger partial charge in [-0.05, 0) is 13.0 Å². The van der Waals surface area contributed by atoms with Crippen LogP contribution in [-0.2, 0) is 15.2 Å². The van der Waals surface area contributed by atoms with Gasteiger partial charge in [0.05, 0.1) is 6.42 Å². The first-order chi connectivity index (χ1) is 9.04. The maximum absolute atomic E-state index is 12.0. The first-order valence-corrected chi connectivity index (χ1v) is 6.25. The quantitative estimate of drug-likeness (QED) is 0.780. The lowest BCUT2D eigenvalue weighted by molar-refractivity contribution is -0.142. The van der Waals surface area contributed by atoms with Gasteiger partial charge in [0.2, 0.25) is 5.91 Å². The fourth-order valence-electron chi connectivity index (χ4n) is 1.62. The molecule has 0 aliphatic carbocycles. The normalized spacial score (nSPS) is 14.4. The molecule has 6 heteroatoms. The second-order valence-electron chi connectivity index (χ2n) is 5.95. The number of nitrogens with zero attached hydrogens (tertiary/aromatic N) is 1. The van der Waals surface area contributed by atoms with E-state index in [1.54, 1.807) is 32.9 Å². The van der Waals surface area contributed by atoms with Crippen LogP contribution in [0.4, 0.5) is 5.82 Å². The number of aromatic nitrogens is 1. The van der Waals surface area contributed by atoms with Crippen molar-refractivity contribution in [3.05, 3.63) is 23.9 Å². The number of carboxylic acids is 1. The number of carbonyl (C=O) groups is 2. The molecule has 1 aromatic rings. The van der Waals surface area contributed by atoms with E-state index in [0.717, 1.165) is 0 Å². The highest BCUT2D eigenvalue weighted by atomic mass is 16.4. The van der Waals surface area contributed by atoms with Crippen molar-refractivity contribution >= 4 is 17.7 Å². The Kier molecular flexibility index (Phi) is 4.50. The molecule has 1 rings (SSSR count). The summed E-state index contributed by atoms with van der Waals surface area (Å²) in [7, 11) is 0. The Morgan fingerprint density at radius 1 is 1.30 bits per heavy atom. The van der Waals surface area contributed by atoms with Gasteiger partial charge in [0.25, 0.3) is 0 Å². The third kappa shape index (κ3) is 4.03. The topological polar surface area (TPSA) is 99.5 Å². The summed E-state index contributed by atoms with van der Waals surface area (Å²) in [5, 5.41) is 21.8. The minimum atomic E-state index is -1.61. The average Bonchev–Trinajstić information content (AvgIpc) is 2.26. The average molecular weight is 280 g/mol. The molecule has 0 fully saturated rings. The largest absolute Gasteiger partial charge is 0.481 e. The molecule has 1 unspecified atom stereocenters. The summed E-state index contributed by atoms with van der Waals surface area (Å²) in [6.45, 7) is 6.63. The molecule has 0 aliphatic rings. The molecule has 0 bridgehead atoms. The molecular weight excluding hydrogens is 260 g/mol. The number of rotatable bonds is 4. The number of hydrogen-bond acceptors (Lipinski definition) is 4. The molecule has 1 atom stereocenters. The van der Waals surface area contributed by atoms with Crippen molar-refractivity contribution in [2.24, 2.45) is 5.41 Å². The number of amides is 1. The highest BCUT2D eigenvalue weighted by Gasteiger charge is 2.31. The predicted octanol–water partition coefficient (Wildman–Crippen LogP) is 1.75. The Labute approximate surface area is 117 Å². The van der Waals surface area contributed by atoms with Crippen molar-refractivity contribution in [2.45, 2.75) is 39.7 Å². The van der Waals surface area contributed by atoms with Crippen LogP contribution in [0.5, 0.6) is 0 Å². The Balaban J connectivity index is 3.11. The maximum Gasteiger partial charge on any atom is 0.306 e. The van der Waals surface area contributed by atoms with Crippen molar-refractivity contribution in [3.8, 4) is 0 Å². The Hall–Kier alpha value is -1.95. The molecule has 1 heterocycles. The standard InChI is InChI=1S/C14H20N2O4/c1-13(2,3)12(19)16-11-9(6-5-7-15-11)14(4,20)8-10(17)18/h5-7,20H,8H2,1-4H3,(H,17,18)(H,15,16,19). The Bertz CT molecular complexity index is 518. The zero-order valence-corrected chi connectivity index (χ0v) is 12.1. The predicted molar refractivity (Wildman–Crippen MR) is 74.1 cm³/mol. The molecule has 0 saturated carbocycles. The summed E-state index contributed by atoms with van der Waals surface area (Å²) in [6, 6.07) is 3.13. The van der Waals surface area contributed by atoms with Gasteiger partial charge in [-0.3, -0.25) is 9.59 Å². The van der Waals surface area contributed by atoms with Crippen molar-refractivity contribution in [3.63, 3.8) is 0 Å². The molecule has 0 saturated heterocycles. The molecule has 3 N–H and O–H groups in total. The first kappa shape index (κ1) is 16.1. The van der Waals surface area contributed by atoms with E-state index in [-0.39, 0.29) is 17.3 Å². The Morgan fingerprint density at radius 2 is 1.90 bits per heavy atom. The van der Waals surface area contributed by atoms with Crippen molar-refractivity contribution < 1.29 is 19.8 Å². The van der Waals surface area contributed by atoms with Gasteiger partial charge in [-0.15, -0.1) is 0 Å². The van der Waals surface area contributed by atoms with Crippen LogP contribution in [0.3, 0.4) is 0 Å². The zero-order chi connectivity index (χ0) is 15.6. The van der Waals surface area contributed by atoms with Gasteiger partial charge in [-0.25, -0.2) is 4.98 Å². The summed E-state index contributed by atoms with van der Waals surface area (Å²) in [5.41, 5.74) is -1.95.